The van der Waals surface area contributed by atoms with Gasteiger partial charge in [-0.15, -0.1) is 0 Å². The zero-order valence-corrected chi connectivity index (χ0v) is 10.7. The first-order valence-electron chi connectivity index (χ1n) is 6.40. The zero-order chi connectivity index (χ0) is 13.7. The van der Waals surface area contributed by atoms with Crippen LogP contribution in [-0.2, 0) is 11.3 Å². The minimum atomic E-state index is -0.409. The molecule has 1 aromatic carbocycles. The van der Waals surface area contributed by atoms with Crippen LogP contribution in [0.4, 0.5) is 11.4 Å². The van der Waals surface area contributed by atoms with Crippen LogP contribution in [-0.4, -0.2) is 29.8 Å². The number of nitro benzene ring substituents is 1. The second-order valence-electron chi connectivity index (χ2n) is 4.70. The van der Waals surface area contributed by atoms with E-state index < -0.39 is 4.92 Å². The standard InChI is InChI=1S/C13H18N2O4/c16-9-11-1-2-13(15(17)18)12(7-11)14-8-10-3-5-19-6-4-10/h1-2,7,10,14,16H,3-6,8-9H2. The van der Waals surface area contributed by atoms with Crippen molar-refractivity contribution in [3.63, 3.8) is 0 Å². The van der Waals surface area contributed by atoms with Crippen molar-refractivity contribution in [3.05, 3.63) is 33.9 Å². The minimum Gasteiger partial charge on any atom is -0.392 e. The van der Waals surface area contributed by atoms with Crippen LogP contribution in [0.3, 0.4) is 0 Å². The molecule has 0 saturated carbocycles. The van der Waals surface area contributed by atoms with Crippen molar-refractivity contribution >= 4 is 11.4 Å². The monoisotopic (exact) mass is 266 g/mol. The van der Waals surface area contributed by atoms with Gasteiger partial charge in [-0.2, -0.15) is 0 Å². The van der Waals surface area contributed by atoms with Crippen LogP contribution in [0, 0.1) is 16.0 Å². The summed E-state index contributed by atoms with van der Waals surface area (Å²) in [6.07, 6.45) is 1.95. The van der Waals surface area contributed by atoms with Crippen molar-refractivity contribution in [2.75, 3.05) is 25.1 Å². The predicted octanol–water partition coefficient (Wildman–Crippen LogP) is 1.93. The third-order valence-electron chi connectivity index (χ3n) is 3.36. The molecule has 0 bridgehead atoms. The lowest BCUT2D eigenvalue weighted by Crippen LogP contribution is -2.22. The number of hydrogen-bond acceptors (Lipinski definition) is 5. The maximum atomic E-state index is 11.0. The normalized spacial score (nSPS) is 16.3. The molecule has 1 fully saturated rings. The highest BCUT2D eigenvalue weighted by molar-refractivity contribution is 5.62. The maximum absolute atomic E-state index is 11.0. The molecule has 0 spiro atoms. The van der Waals surface area contributed by atoms with Gasteiger partial charge in [0.2, 0.25) is 0 Å². The van der Waals surface area contributed by atoms with E-state index in [4.69, 9.17) is 9.84 Å². The van der Waals surface area contributed by atoms with Crippen LogP contribution in [0.1, 0.15) is 18.4 Å². The molecule has 2 rings (SSSR count). The van der Waals surface area contributed by atoms with Crippen LogP contribution >= 0.6 is 0 Å². The highest BCUT2D eigenvalue weighted by atomic mass is 16.6. The van der Waals surface area contributed by atoms with Crippen LogP contribution < -0.4 is 5.32 Å². The molecule has 104 valence electrons. The number of aliphatic hydroxyl groups is 1. The van der Waals surface area contributed by atoms with Crippen molar-refractivity contribution < 1.29 is 14.8 Å². The third-order valence-corrected chi connectivity index (χ3v) is 3.36. The van der Waals surface area contributed by atoms with E-state index in [-0.39, 0.29) is 12.3 Å². The van der Waals surface area contributed by atoms with Crippen LogP contribution in [0.2, 0.25) is 0 Å². The van der Waals surface area contributed by atoms with Gasteiger partial charge in [-0.05, 0) is 36.5 Å². The van der Waals surface area contributed by atoms with Gasteiger partial charge in [0.05, 0.1) is 11.5 Å². The summed E-state index contributed by atoms with van der Waals surface area (Å²) < 4.78 is 5.28. The van der Waals surface area contributed by atoms with E-state index in [2.05, 4.69) is 5.32 Å². The Morgan fingerprint density at radius 3 is 2.79 bits per heavy atom. The molecule has 6 nitrogen and oxygen atoms in total. The first kappa shape index (κ1) is 13.8. The molecule has 0 amide bonds. The molecule has 0 aliphatic carbocycles. The molecule has 1 aliphatic heterocycles. The number of hydrogen-bond donors (Lipinski definition) is 2. The molecular formula is C13H18N2O4. The van der Waals surface area contributed by atoms with Gasteiger partial charge in [0, 0.05) is 25.8 Å². The molecule has 1 aliphatic rings. The number of anilines is 1. The Bertz CT molecular complexity index is 444. The number of nitrogens with one attached hydrogen (secondary N) is 1. The van der Waals surface area contributed by atoms with Crippen molar-refractivity contribution in [2.24, 2.45) is 5.92 Å². The molecular weight excluding hydrogens is 248 g/mol. The Hall–Kier alpha value is -1.66. The van der Waals surface area contributed by atoms with Crippen molar-refractivity contribution in [1.29, 1.82) is 0 Å². The Kier molecular flexibility index (Phi) is 4.70. The van der Waals surface area contributed by atoms with Crippen molar-refractivity contribution in [3.8, 4) is 0 Å². The average molecular weight is 266 g/mol. The molecule has 19 heavy (non-hydrogen) atoms. The number of nitro groups is 1. The van der Waals surface area contributed by atoms with Gasteiger partial charge in [-0.3, -0.25) is 10.1 Å². The predicted molar refractivity (Wildman–Crippen MR) is 71.1 cm³/mol. The average Bonchev–Trinajstić information content (AvgIpc) is 2.45. The van der Waals surface area contributed by atoms with Crippen LogP contribution in [0.15, 0.2) is 18.2 Å². The van der Waals surface area contributed by atoms with Gasteiger partial charge in [0.1, 0.15) is 5.69 Å². The van der Waals surface area contributed by atoms with Crippen LogP contribution in [0.5, 0.6) is 0 Å². The third kappa shape index (κ3) is 3.65. The molecule has 1 saturated heterocycles. The lowest BCUT2D eigenvalue weighted by atomic mass is 10.0. The summed E-state index contributed by atoms with van der Waals surface area (Å²) in [5, 5.41) is 23.2. The summed E-state index contributed by atoms with van der Waals surface area (Å²) in [5.74, 6) is 0.478. The molecule has 0 radical (unpaired) electrons. The molecule has 6 heteroatoms. The number of aliphatic hydroxyl groups excluding tert-OH is 1. The van der Waals surface area contributed by atoms with Gasteiger partial charge < -0.3 is 15.2 Å². The van der Waals surface area contributed by atoms with Crippen molar-refractivity contribution in [2.45, 2.75) is 19.4 Å². The number of rotatable bonds is 5. The highest BCUT2D eigenvalue weighted by Gasteiger charge is 2.17. The fourth-order valence-corrected chi connectivity index (χ4v) is 2.19. The number of nitrogens with zero attached hydrogens (tertiary/aromatic N) is 1. The number of benzene rings is 1. The van der Waals surface area contributed by atoms with E-state index in [0.717, 1.165) is 26.1 Å². The van der Waals surface area contributed by atoms with Gasteiger partial charge in [-0.1, -0.05) is 0 Å². The smallest absolute Gasteiger partial charge is 0.292 e. The Morgan fingerprint density at radius 1 is 1.42 bits per heavy atom. The Labute approximate surface area is 111 Å². The van der Waals surface area contributed by atoms with E-state index in [9.17, 15) is 10.1 Å². The summed E-state index contributed by atoms with van der Waals surface area (Å²) in [4.78, 5) is 10.5. The first-order valence-corrected chi connectivity index (χ1v) is 6.40. The summed E-state index contributed by atoms with van der Waals surface area (Å²) in [7, 11) is 0. The molecule has 0 unspecified atom stereocenters. The second kappa shape index (κ2) is 6.49. The molecule has 1 heterocycles. The molecule has 0 aromatic heterocycles. The molecule has 2 N–H and O–H groups in total. The molecule has 0 atom stereocenters. The Morgan fingerprint density at radius 2 is 2.16 bits per heavy atom. The quantitative estimate of drug-likeness (QED) is 0.628. The lowest BCUT2D eigenvalue weighted by Gasteiger charge is -2.22. The van der Waals surface area contributed by atoms with E-state index in [1.165, 1.54) is 6.07 Å². The van der Waals surface area contributed by atoms with Gasteiger partial charge in [0.25, 0.3) is 5.69 Å². The SMILES string of the molecule is O=[N+]([O-])c1ccc(CO)cc1NCC1CCOCC1. The maximum Gasteiger partial charge on any atom is 0.292 e. The van der Waals surface area contributed by atoms with E-state index >= 15 is 0 Å². The molecule has 1 aromatic rings. The fraction of sp³-hybridized carbons (Fsp3) is 0.538. The van der Waals surface area contributed by atoms with E-state index in [1.54, 1.807) is 12.1 Å². The highest BCUT2D eigenvalue weighted by Crippen LogP contribution is 2.26. The summed E-state index contributed by atoms with van der Waals surface area (Å²) in [6.45, 7) is 2.08. The topological polar surface area (TPSA) is 84.6 Å². The minimum absolute atomic E-state index is 0.0456. The Balaban J connectivity index is 2.06. The van der Waals surface area contributed by atoms with Crippen LogP contribution in [0.25, 0.3) is 0 Å². The second-order valence-corrected chi connectivity index (χ2v) is 4.70. The largest absolute Gasteiger partial charge is 0.392 e. The van der Waals surface area contributed by atoms with E-state index in [1.807, 2.05) is 0 Å². The van der Waals surface area contributed by atoms with E-state index in [0.29, 0.717) is 23.7 Å². The van der Waals surface area contributed by atoms with Gasteiger partial charge in [0.15, 0.2) is 0 Å². The summed E-state index contributed by atoms with van der Waals surface area (Å²) in [6, 6.07) is 4.63. The van der Waals surface area contributed by atoms with Gasteiger partial charge in [-0.25, -0.2) is 0 Å². The fourth-order valence-electron chi connectivity index (χ4n) is 2.19. The van der Waals surface area contributed by atoms with Crippen molar-refractivity contribution in [1.82, 2.24) is 0 Å². The number of ether oxygens (including phenoxy) is 1. The first-order chi connectivity index (χ1) is 9.20. The lowest BCUT2D eigenvalue weighted by molar-refractivity contribution is -0.384. The summed E-state index contributed by atoms with van der Waals surface area (Å²) in [5.41, 5.74) is 1.19. The summed E-state index contributed by atoms with van der Waals surface area (Å²) >= 11 is 0. The zero-order valence-electron chi connectivity index (χ0n) is 10.7. The van der Waals surface area contributed by atoms with Gasteiger partial charge >= 0.3 is 0 Å².